The van der Waals surface area contributed by atoms with Gasteiger partial charge in [0.1, 0.15) is 6.61 Å². The van der Waals surface area contributed by atoms with Gasteiger partial charge in [-0.2, -0.15) is 4.98 Å². The molecule has 5 nitrogen and oxygen atoms in total. The van der Waals surface area contributed by atoms with Crippen LogP contribution in [0, 0.1) is 6.92 Å². The molecular weight excluding hydrogens is 204 g/mol. The van der Waals surface area contributed by atoms with Crippen molar-refractivity contribution >= 4 is 5.95 Å². The van der Waals surface area contributed by atoms with E-state index in [1.165, 1.54) is 0 Å². The van der Waals surface area contributed by atoms with E-state index in [4.69, 9.17) is 10.5 Å². The Balaban J connectivity index is 2.45. The highest BCUT2D eigenvalue weighted by atomic mass is 16.5. The summed E-state index contributed by atoms with van der Waals surface area (Å²) in [7, 11) is 0. The maximum Gasteiger partial charge on any atom is 0.223 e. The lowest BCUT2D eigenvalue weighted by molar-refractivity contribution is 0.217. The number of nitrogens with zero attached hydrogens (tertiary/aromatic N) is 3. The van der Waals surface area contributed by atoms with Crippen LogP contribution in [0.15, 0.2) is 6.20 Å². The number of likely N-dealkylation sites (N-methyl/N-ethyl adjacent to an activating group) is 1. The highest BCUT2D eigenvalue weighted by Crippen LogP contribution is 2.13. The van der Waals surface area contributed by atoms with Crippen molar-refractivity contribution in [3.05, 3.63) is 11.8 Å². The summed E-state index contributed by atoms with van der Waals surface area (Å²) in [5.41, 5.74) is 6.41. The number of aromatic nitrogens is 2. The third kappa shape index (κ3) is 3.66. The minimum Gasteiger partial charge on any atom is -0.476 e. The van der Waals surface area contributed by atoms with E-state index >= 15 is 0 Å². The van der Waals surface area contributed by atoms with Crippen LogP contribution in [0.3, 0.4) is 0 Å². The molecule has 1 rings (SSSR count). The number of ether oxygens (including phenoxy) is 1. The number of aryl methyl sites for hydroxylation is 1. The molecule has 0 fully saturated rings. The van der Waals surface area contributed by atoms with Crippen LogP contribution >= 0.6 is 0 Å². The molecule has 90 valence electrons. The molecule has 0 aromatic carbocycles. The number of rotatable bonds is 6. The zero-order valence-electron chi connectivity index (χ0n) is 10.2. The lowest BCUT2D eigenvalue weighted by atomic mass is 10.4. The maximum atomic E-state index is 5.58. The number of hydrogen-bond donors (Lipinski definition) is 1. The van der Waals surface area contributed by atoms with Crippen LogP contribution in [-0.2, 0) is 0 Å². The standard InChI is InChI=1S/C11H20N4O/c1-4-15(5-2)6-7-16-10-9(3)8-13-11(12)14-10/h8H,4-7H2,1-3H3,(H2,12,13,14). The fraction of sp³-hybridized carbons (Fsp3) is 0.636. The van der Waals surface area contributed by atoms with Gasteiger partial charge in [0.15, 0.2) is 0 Å². The van der Waals surface area contributed by atoms with Crippen molar-refractivity contribution in [2.24, 2.45) is 0 Å². The normalized spacial score (nSPS) is 10.8. The van der Waals surface area contributed by atoms with Gasteiger partial charge in [0, 0.05) is 18.3 Å². The lowest BCUT2D eigenvalue weighted by Crippen LogP contribution is -2.28. The summed E-state index contributed by atoms with van der Waals surface area (Å²) in [6.45, 7) is 9.77. The van der Waals surface area contributed by atoms with Gasteiger partial charge in [-0.3, -0.25) is 0 Å². The molecule has 0 bridgehead atoms. The molecular formula is C11H20N4O. The van der Waals surface area contributed by atoms with Crippen LogP contribution in [0.25, 0.3) is 0 Å². The zero-order chi connectivity index (χ0) is 12.0. The molecule has 1 aromatic heterocycles. The Hall–Kier alpha value is -1.36. The predicted octanol–water partition coefficient (Wildman–Crippen LogP) is 1.09. The maximum absolute atomic E-state index is 5.58. The van der Waals surface area contributed by atoms with Crippen molar-refractivity contribution in [2.75, 3.05) is 32.0 Å². The van der Waals surface area contributed by atoms with Crippen molar-refractivity contribution in [3.8, 4) is 5.88 Å². The van der Waals surface area contributed by atoms with Gasteiger partial charge >= 0.3 is 0 Å². The summed E-state index contributed by atoms with van der Waals surface area (Å²) in [6, 6.07) is 0. The van der Waals surface area contributed by atoms with Gasteiger partial charge in [0.25, 0.3) is 0 Å². The molecule has 16 heavy (non-hydrogen) atoms. The average molecular weight is 224 g/mol. The van der Waals surface area contributed by atoms with E-state index in [1.54, 1.807) is 6.20 Å². The summed E-state index contributed by atoms with van der Waals surface area (Å²) in [4.78, 5) is 10.2. The lowest BCUT2D eigenvalue weighted by Gasteiger charge is -2.18. The molecule has 0 saturated carbocycles. The molecule has 0 unspecified atom stereocenters. The van der Waals surface area contributed by atoms with Crippen molar-refractivity contribution in [1.29, 1.82) is 0 Å². The Bertz CT molecular complexity index is 326. The third-order valence-electron chi connectivity index (χ3n) is 2.48. The van der Waals surface area contributed by atoms with E-state index in [0.29, 0.717) is 12.5 Å². The van der Waals surface area contributed by atoms with Gasteiger partial charge in [-0.05, 0) is 20.0 Å². The molecule has 0 aliphatic carbocycles. The second kappa shape index (κ2) is 6.27. The van der Waals surface area contributed by atoms with Crippen LogP contribution in [0.4, 0.5) is 5.95 Å². The summed E-state index contributed by atoms with van der Waals surface area (Å²) < 4.78 is 5.58. The first-order chi connectivity index (χ1) is 7.67. The number of hydrogen-bond acceptors (Lipinski definition) is 5. The topological polar surface area (TPSA) is 64.3 Å². The third-order valence-corrected chi connectivity index (χ3v) is 2.48. The minimum absolute atomic E-state index is 0.253. The van der Waals surface area contributed by atoms with Gasteiger partial charge in [0.05, 0.1) is 0 Å². The van der Waals surface area contributed by atoms with E-state index in [0.717, 1.165) is 25.2 Å². The van der Waals surface area contributed by atoms with Gasteiger partial charge < -0.3 is 15.4 Å². The number of anilines is 1. The van der Waals surface area contributed by atoms with Crippen molar-refractivity contribution in [3.63, 3.8) is 0 Å². The monoisotopic (exact) mass is 224 g/mol. The zero-order valence-corrected chi connectivity index (χ0v) is 10.2. The van der Waals surface area contributed by atoms with E-state index in [2.05, 4.69) is 28.7 Å². The molecule has 0 atom stereocenters. The van der Waals surface area contributed by atoms with Gasteiger partial charge in [-0.1, -0.05) is 13.8 Å². The quantitative estimate of drug-likeness (QED) is 0.783. The van der Waals surface area contributed by atoms with Crippen LogP contribution in [-0.4, -0.2) is 41.1 Å². The second-order valence-electron chi connectivity index (χ2n) is 3.59. The first kappa shape index (κ1) is 12.7. The molecule has 2 N–H and O–H groups in total. The Morgan fingerprint density at radius 3 is 2.69 bits per heavy atom. The van der Waals surface area contributed by atoms with Crippen LogP contribution in [0.1, 0.15) is 19.4 Å². The Morgan fingerprint density at radius 1 is 1.38 bits per heavy atom. The molecule has 1 heterocycles. The van der Waals surface area contributed by atoms with E-state index in [1.807, 2.05) is 6.92 Å². The van der Waals surface area contributed by atoms with Crippen molar-refractivity contribution < 1.29 is 4.74 Å². The van der Waals surface area contributed by atoms with Crippen molar-refractivity contribution in [1.82, 2.24) is 14.9 Å². The highest BCUT2D eigenvalue weighted by molar-refractivity contribution is 5.28. The summed E-state index contributed by atoms with van der Waals surface area (Å²) >= 11 is 0. The van der Waals surface area contributed by atoms with Crippen molar-refractivity contribution in [2.45, 2.75) is 20.8 Å². The largest absolute Gasteiger partial charge is 0.476 e. The number of nitrogens with two attached hydrogens (primary N) is 1. The van der Waals surface area contributed by atoms with Crippen LogP contribution in [0.2, 0.25) is 0 Å². The smallest absolute Gasteiger partial charge is 0.223 e. The van der Waals surface area contributed by atoms with Gasteiger partial charge in [-0.25, -0.2) is 4.98 Å². The predicted molar refractivity (Wildman–Crippen MR) is 64.5 cm³/mol. The first-order valence-electron chi connectivity index (χ1n) is 5.61. The summed E-state index contributed by atoms with van der Waals surface area (Å²) in [5, 5.41) is 0. The Kier molecular flexibility index (Phi) is 4.98. The highest BCUT2D eigenvalue weighted by Gasteiger charge is 2.04. The molecule has 0 saturated heterocycles. The molecule has 0 spiro atoms. The first-order valence-corrected chi connectivity index (χ1v) is 5.61. The Labute approximate surface area is 96.6 Å². The minimum atomic E-state index is 0.253. The molecule has 0 aliphatic heterocycles. The fourth-order valence-electron chi connectivity index (χ4n) is 1.40. The van der Waals surface area contributed by atoms with Gasteiger partial charge in [-0.15, -0.1) is 0 Å². The molecule has 0 amide bonds. The van der Waals surface area contributed by atoms with Gasteiger partial charge in [0.2, 0.25) is 11.8 Å². The summed E-state index contributed by atoms with van der Waals surface area (Å²) in [5.74, 6) is 0.836. The van der Waals surface area contributed by atoms with E-state index in [-0.39, 0.29) is 5.95 Å². The molecule has 1 aromatic rings. The fourth-order valence-corrected chi connectivity index (χ4v) is 1.40. The molecule has 0 aliphatic rings. The van der Waals surface area contributed by atoms with E-state index in [9.17, 15) is 0 Å². The number of nitrogen functional groups attached to an aromatic ring is 1. The molecule has 5 heteroatoms. The SMILES string of the molecule is CCN(CC)CCOc1nc(N)ncc1C. The Morgan fingerprint density at radius 2 is 2.06 bits per heavy atom. The van der Waals surface area contributed by atoms with Crippen LogP contribution in [0.5, 0.6) is 5.88 Å². The average Bonchev–Trinajstić information content (AvgIpc) is 2.29. The molecule has 0 radical (unpaired) electrons. The second-order valence-corrected chi connectivity index (χ2v) is 3.59. The van der Waals surface area contributed by atoms with Crippen LogP contribution < -0.4 is 10.5 Å². The summed E-state index contributed by atoms with van der Waals surface area (Å²) in [6.07, 6.45) is 1.68. The van der Waals surface area contributed by atoms with E-state index < -0.39 is 0 Å².